The van der Waals surface area contributed by atoms with Gasteiger partial charge in [0.15, 0.2) is 5.96 Å². The van der Waals surface area contributed by atoms with Gasteiger partial charge in [-0.05, 0) is 53.8 Å². The van der Waals surface area contributed by atoms with Crippen LogP contribution in [-0.2, 0) is 4.74 Å². The smallest absolute Gasteiger partial charge is 0.350 e. The van der Waals surface area contributed by atoms with Gasteiger partial charge in [0.05, 0.1) is 18.3 Å². The first kappa shape index (κ1) is 27.1. The van der Waals surface area contributed by atoms with E-state index in [9.17, 15) is 4.79 Å². The van der Waals surface area contributed by atoms with E-state index in [0.29, 0.717) is 17.2 Å². The number of hydrogen-bond acceptors (Lipinski definition) is 6. The minimum atomic E-state index is -0.303. The van der Waals surface area contributed by atoms with E-state index in [0.717, 1.165) is 50.1 Å². The Hall–Kier alpha value is -0.940. The van der Waals surface area contributed by atoms with Crippen molar-refractivity contribution in [3.05, 3.63) is 15.6 Å². The van der Waals surface area contributed by atoms with Gasteiger partial charge < -0.3 is 20.3 Å². The number of guanidine groups is 1. The molecule has 0 aliphatic heterocycles. The van der Waals surface area contributed by atoms with Gasteiger partial charge in [-0.3, -0.25) is 4.99 Å². The van der Waals surface area contributed by atoms with Crippen LogP contribution < -0.4 is 10.6 Å². The standard InChI is InChI=1S/C19H35N5O2S.HI/c1-7-20-19(21-12-11-13-24(8-2)9-3)23-15(6)17-22-14(5)16(27-17)18(25)26-10-4;/h15H,7-13H2,1-6H3,(H2,20,21,23);1H. The van der Waals surface area contributed by atoms with Gasteiger partial charge in [-0.1, -0.05) is 13.8 Å². The molecule has 162 valence electrons. The number of aryl methyl sites for hydroxylation is 1. The summed E-state index contributed by atoms with van der Waals surface area (Å²) in [6.45, 7) is 17.2. The average molecular weight is 526 g/mol. The molecule has 1 aromatic rings. The van der Waals surface area contributed by atoms with Crippen molar-refractivity contribution >= 4 is 47.2 Å². The van der Waals surface area contributed by atoms with Crippen LogP contribution in [0, 0.1) is 6.92 Å². The van der Waals surface area contributed by atoms with Crippen LogP contribution >= 0.6 is 35.3 Å². The maximum absolute atomic E-state index is 12.0. The third kappa shape index (κ3) is 9.04. The molecule has 0 fully saturated rings. The van der Waals surface area contributed by atoms with E-state index in [1.165, 1.54) is 11.3 Å². The molecule has 0 radical (unpaired) electrons. The van der Waals surface area contributed by atoms with Gasteiger partial charge in [0.1, 0.15) is 9.88 Å². The summed E-state index contributed by atoms with van der Waals surface area (Å²) in [6, 6.07) is -0.0440. The highest BCUT2D eigenvalue weighted by Crippen LogP contribution is 2.24. The van der Waals surface area contributed by atoms with Gasteiger partial charge in [-0.25, -0.2) is 9.78 Å². The summed E-state index contributed by atoms with van der Waals surface area (Å²) in [5.74, 6) is 0.470. The quantitative estimate of drug-likeness (QED) is 0.151. The van der Waals surface area contributed by atoms with Crippen LogP contribution in [0.4, 0.5) is 0 Å². The zero-order valence-corrected chi connectivity index (χ0v) is 21.1. The SMILES string of the molecule is CCNC(=NCCCN(CC)CC)NC(C)c1nc(C)c(C(=O)OCC)s1.I. The van der Waals surface area contributed by atoms with E-state index in [-0.39, 0.29) is 36.0 Å². The Labute approximate surface area is 190 Å². The summed E-state index contributed by atoms with van der Waals surface area (Å²) in [5, 5.41) is 7.51. The van der Waals surface area contributed by atoms with Crippen LogP contribution in [0.2, 0.25) is 0 Å². The second-order valence-electron chi connectivity index (χ2n) is 6.19. The topological polar surface area (TPSA) is 78.9 Å². The van der Waals surface area contributed by atoms with Gasteiger partial charge >= 0.3 is 5.97 Å². The number of hydrogen-bond donors (Lipinski definition) is 2. The second kappa shape index (κ2) is 15.0. The number of esters is 1. The first-order chi connectivity index (χ1) is 13.0. The van der Waals surface area contributed by atoms with Crippen molar-refractivity contribution in [1.82, 2.24) is 20.5 Å². The lowest BCUT2D eigenvalue weighted by atomic mass is 10.3. The largest absolute Gasteiger partial charge is 0.462 e. The molecule has 1 atom stereocenters. The molecular weight excluding hydrogens is 489 g/mol. The fourth-order valence-corrected chi connectivity index (χ4v) is 3.56. The van der Waals surface area contributed by atoms with Crippen molar-refractivity contribution in [3.8, 4) is 0 Å². The number of carbonyl (C=O) groups excluding carboxylic acids is 1. The Balaban J connectivity index is 0.00000729. The highest BCUT2D eigenvalue weighted by Gasteiger charge is 2.20. The number of nitrogens with one attached hydrogen (secondary N) is 2. The highest BCUT2D eigenvalue weighted by atomic mass is 127. The Kier molecular flexibility index (Phi) is 14.5. The Morgan fingerprint density at radius 1 is 1.29 bits per heavy atom. The zero-order valence-electron chi connectivity index (χ0n) is 18.0. The number of thiazole rings is 1. The van der Waals surface area contributed by atoms with E-state index < -0.39 is 0 Å². The average Bonchev–Trinajstić information content (AvgIpc) is 3.04. The molecule has 0 aromatic carbocycles. The van der Waals surface area contributed by atoms with Crippen LogP contribution in [0.5, 0.6) is 0 Å². The number of carbonyl (C=O) groups is 1. The molecule has 9 heteroatoms. The molecule has 0 bridgehead atoms. The lowest BCUT2D eigenvalue weighted by Gasteiger charge is -2.18. The van der Waals surface area contributed by atoms with E-state index in [1.54, 1.807) is 6.92 Å². The first-order valence-electron chi connectivity index (χ1n) is 9.88. The molecule has 28 heavy (non-hydrogen) atoms. The lowest BCUT2D eigenvalue weighted by molar-refractivity contribution is 0.0531. The molecule has 7 nitrogen and oxygen atoms in total. The summed E-state index contributed by atoms with van der Waals surface area (Å²) in [7, 11) is 0. The van der Waals surface area contributed by atoms with Crippen molar-refractivity contribution in [2.45, 2.75) is 54.0 Å². The Morgan fingerprint density at radius 3 is 2.54 bits per heavy atom. The fourth-order valence-electron chi connectivity index (χ4n) is 2.60. The highest BCUT2D eigenvalue weighted by molar-refractivity contribution is 14.0. The molecule has 2 N–H and O–H groups in total. The predicted octanol–water partition coefficient (Wildman–Crippen LogP) is 3.59. The van der Waals surface area contributed by atoms with Crippen LogP contribution in [-0.4, -0.2) is 61.1 Å². The van der Waals surface area contributed by atoms with Crippen molar-refractivity contribution in [1.29, 1.82) is 0 Å². The molecule has 1 aromatic heterocycles. The Morgan fingerprint density at radius 2 is 1.96 bits per heavy atom. The molecule has 0 spiro atoms. The third-order valence-electron chi connectivity index (χ3n) is 4.14. The van der Waals surface area contributed by atoms with E-state index in [2.05, 4.69) is 39.4 Å². The Bertz CT molecular complexity index is 605. The molecule has 1 rings (SSSR count). The first-order valence-corrected chi connectivity index (χ1v) is 10.7. The minimum absolute atomic E-state index is 0. The number of aliphatic imine (C=N–C) groups is 1. The summed E-state index contributed by atoms with van der Waals surface area (Å²) >= 11 is 1.38. The minimum Gasteiger partial charge on any atom is -0.462 e. The van der Waals surface area contributed by atoms with Crippen LogP contribution in [0.3, 0.4) is 0 Å². The summed E-state index contributed by atoms with van der Waals surface area (Å²) < 4.78 is 5.10. The molecule has 0 aliphatic carbocycles. The molecule has 1 unspecified atom stereocenters. The monoisotopic (exact) mass is 525 g/mol. The molecule has 1 heterocycles. The van der Waals surface area contributed by atoms with Crippen LogP contribution in [0.15, 0.2) is 4.99 Å². The lowest BCUT2D eigenvalue weighted by Crippen LogP contribution is -2.39. The van der Waals surface area contributed by atoms with E-state index >= 15 is 0 Å². The third-order valence-corrected chi connectivity index (χ3v) is 5.46. The van der Waals surface area contributed by atoms with E-state index in [1.807, 2.05) is 20.8 Å². The number of ether oxygens (including phenoxy) is 1. The van der Waals surface area contributed by atoms with Crippen LogP contribution in [0.1, 0.15) is 67.5 Å². The maximum atomic E-state index is 12.0. The second-order valence-corrected chi connectivity index (χ2v) is 7.22. The van der Waals surface area contributed by atoms with Gasteiger partial charge in [-0.2, -0.15) is 0 Å². The summed E-state index contributed by atoms with van der Waals surface area (Å²) in [6.07, 6.45) is 1.02. The van der Waals surface area contributed by atoms with Crippen molar-refractivity contribution in [2.24, 2.45) is 4.99 Å². The summed E-state index contributed by atoms with van der Waals surface area (Å²) in [5.41, 5.74) is 0.711. The zero-order chi connectivity index (χ0) is 20.2. The molecule has 0 aliphatic rings. The summed E-state index contributed by atoms with van der Waals surface area (Å²) in [4.78, 5) is 24.2. The number of halogens is 1. The van der Waals surface area contributed by atoms with Gasteiger partial charge in [0.2, 0.25) is 0 Å². The molecule has 0 saturated carbocycles. The van der Waals surface area contributed by atoms with Gasteiger partial charge in [0, 0.05) is 13.1 Å². The van der Waals surface area contributed by atoms with Crippen molar-refractivity contribution < 1.29 is 9.53 Å². The predicted molar refractivity (Wildman–Crippen MR) is 128 cm³/mol. The van der Waals surface area contributed by atoms with Crippen molar-refractivity contribution in [2.75, 3.05) is 39.3 Å². The van der Waals surface area contributed by atoms with E-state index in [4.69, 9.17) is 4.74 Å². The molecule has 0 amide bonds. The molecular formula is C19H36IN5O2S. The maximum Gasteiger partial charge on any atom is 0.350 e. The van der Waals surface area contributed by atoms with Crippen molar-refractivity contribution in [3.63, 3.8) is 0 Å². The number of rotatable bonds is 11. The van der Waals surface area contributed by atoms with Gasteiger partial charge in [0.25, 0.3) is 0 Å². The number of nitrogens with zero attached hydrogens (tertiary/aromatic N) is 3. The normalized spacial score (nSPS) is 12.5. The fraction of sp³-hybridized carbons (Fsp3) is 0.737. The van der Waals surface area contributed by atoms with Gasteiger partial charge in [-0.15, -0.1) is 35.3 Å². The molecule has 0 saturated heterocycles. The van der Waals surface area contributed by atoms with Crippen LogP contribution in [0.25, 0.3) is 0 Å². The number of aromatic nitrogens is 1.